The second kappa shape index (κ2) is 11.3. The average Bonchev–Trinajstić information content (AvgIpc) is 3.05. The SMILES string of the molecule is COc1cccc(CCCN=C(N)NCCc2cccs2)c1.I. The van der Waals surface area contributed by atoms with Crippen LogP contribution in [-0.4, -0.2) is 26.2 Å². The summed E-state index contributed by atoms with van der Waals surface area (Å²) in [5.74, 6) is 1.43. The van der Waals surface area contributed by atoms with Gasteiger partial charge in [-0.3, -0.25) is 4.99 Å². The average molecular weight is 445 g/mol. The van der Waals surface area contributed by atoms with Crippen LogP contribution in [0.3, 0.4) is 0 Å². The first-order valence-electron chi connectivity index (χ1n) is 7.47. The molecule has 0 aliphatic rings. The Morgan fingerprint density at radius 2 is 2.13 bits per heavy atom. The number of aryl methyl sites for hydroxylation is 1. The van der Waals surface area contributed by atoms with Gasteiger partial charge in [0.05, 0.1) is 7.11 Å². The number of aliphatic imine (C=N–C) groups is 1. The molecule has 0 spiro atoms. The summed E-state index contributed by atoms with van der Waals surface area (Å²) in [6.45, 7) is 1.56. The molecule has 4 nitrogen and oxygen atoms in total. The highest BCUT2D eigenvalue weighted by Crippen LogP contribution is 2.13. The smallest absolute Gasteiger partial charge is 0.188 e. The Bertz CT molecular complexity index is 587. The first-order valence-corrected chi connectivity index (χ1v) is 8.35. The van der Waals surface area contributed by atoms with E-state index in [1.165, 1.54) is 10.4 Å². The molecular weight excluding hydrogens is 421 g/mol. The van der Waals surface area contributed by atoms with Crippen molar-refractivity contribution in [1.82, 2.24) is 5.32 Å². The summed E-state index contributed by atoms with van der Waals surface area (Å²) in [5, 5.41) is 5.24. The fourth-order valence-electron chi connectivity index (χ4n) is 2.14. The third kappa shape index (κ3) is 7.69. The Balaban J connectivity index is 0.00000264. The van der Waals surface area contributed by atoms with E-state index >= 15 is 0 Å². The maximum Gasteiger partial charge on any atom is 0.188 e. The molecule has 0 saturated heterocycles. The number of nitrogens with zero attached hydrogens (tertiary/aromatic N) is 1. The molecule has 0 atom stereocenters. The standard InChI is InChI=1S/C17H23N3OS.HI/c1-21-15-7-2-5-14(13-15)6-3-10-19-17(18)20-11-9-16-8-4-12-22-16;/h2,4-5,7-8,12-13H,3,6,9-11H2,1H3,(H3,18,19,20);1H. The fraction of sp³-hybridized carbons (Fsp3) is 0.353. The van der Waals surface area contributed by atoms with Gasteiger partial charge in [0.2, 0.25) is 0 Å². The number of halogens is 1. The lowest BCUT2D eigenvalue weighted by Crippen LogP contribution is -2.33. The quantitative estimate of drug-likeness (QED) is 0.283. The van der Waals surface area contributed by atoms with Crippen molar-refractivity contribution in [1.29, 1.82) is 0 Å². The van der Waals surface area contributed by atoms with E-state index in [9.17, 15) is 0 Å². The van der Waals surface area contributed by atoms with Gasteiger partial charge in [-0.1, -0.05) is 18.2 Å². The van der Waals surface area contributed by atoms with Crippen molar-refractivity contribution in [2.75, 3.05) is 20.2 Å². The summed E-state index contributed by atoms with van der Waals surface area (Å²) in [4.78, 5) is 5.72. The van der Waals surface area contributed by atoms with Crippen molar-refractivity contribution in [2.24, 2.45) is 10.7 Å². The van der Waals surface area contributed by atoms with Crippen LogP contribution in [0.4, 0.5) is 0 Å². The van der Waals surface area contributed by atoms with Crippen LogP contribution in [0.5, 0.6) is 5.75 Å². The summed E-state index contributed by atoms with van der Waals surface area (Å²) in [7, 11) is 1.69. The highest BCUT2D eigenvalue weighted by Gasteiger charge is 1.97. The van der Waals surface area contributed by atoms with Crippen molar-refractivity contribution in [2.45, 2.75) is 19.3 Å². The van der Waals surface area contributed by atoms with Gasteiger partial charge in [-0.2, -0.15) is 0 Å². The van der Waals surface area contributed by atoms with E-state index in [-0.39, 0.29) is 24.0 Å². The molecule has 0 bridgehead atoms. The molecule has 2 rings (SSSR count). The van der Waals surface area contributed by atoms with Gasteiger partial charge in [-0.05, 0) is 48.4 Å². The molecule has 3 N–H and O–H groups in total. The third-order valence-electron chi connectivity index (χ3n) is 3.30. The molecule has 0 amide bonds. The Labute approximate surface area is 159 Å². The van der Waals surface area contributed by atoms with Crippen LogP contribution in [0, 0.1) is 0 Å². The maximum atomic E-state index is 5.86. The minimum atomic E-state index is 0. The zero-order chi connectivity index (χ0) is 15.6. The lowest BCUT2D eigenvalue weighted by molar-refractivity contribution is 0.414. The van der Waals surface area contributed by atoms with Gasteiger partial charge < -0.3 is 15.8 Å². The molecule has 2 aromatic rings. The first kappa shape index (κ1) is 19.8. The molecule has 1 heterocycles. The van der Waals surface area contributed by atoms with Crippen molar-refractivity contribution in [3.05, 3.63) is 52.2 Å². The fourth-order valence-corrected chi connectivity index (χ4v) is 2.84. The van der Waals surface area contributed by atoms with E-state index < -0.39 is 0 Å². The number of nitrogens with two attached hydrogens (primary N) is 1. The summed E-state index contributed by atoms with van der Waals surface area (Å²) in [6.07, 6.45) is 2.93. The molecule has 0 saturated carbocycles. The molecule has 126 valence electrons. The molecule has 0 fully saturated rings. The van der Waals surface area contributed by atoms with Crippen molar-refractivity contribution in [3.63, 3.8) is 0 Å². The van der Waals surface area contributed by atoms with Gasteiger partial charge in [0.1, 0.15) is 5.75 Å². The van der Waals surface area contributed by atoms with Crippen LogP contribution in [0.1, 0.15) is 16.9 Å². The number of nitrogens with one attached hydrogen (secondary N) is 1. The maximum absolute atomic E-state index is 5.86. The van der Waals surface area contributed by atoms with Gasteiger partial charge in [-0.25, -0.2) is 0 Å². The number of hydrogen-bond acceptors (Lipinski definition) is 3. The second-order valence-corrected chi connectivity index (χ2v) is 6.01. The number of methoxy groups -OCH3 is 1. The first-order chi connectivity index (χ1) is 10.8. The van der Waals surface area contributed by atoms with E-state index in [4.69, 9.17) is 10.5 Å². The van der Waals surface area contributed by atoms with Gasteiger partial charge >= 0.3 is 0 Å². The molecule has 23 heavy (non-hydrogen) atoms. The largest absolute Gasteiger partial charge is 0.497 e. The highest BCUT2D eigenvalue weighted by molar-refractivity contribution is 14.0. The third-order valence-corrected chi connectivity index (χ3v) is 4.23. The summed E-state index contributed by atoms with van der Waals surface area (Å²) < 4.78 is 5.22. The van der Waals surface area contributed by atoms with Gasteiger partial charge in [0.15, 0.2) is 5.96 Å². The molecule has 0 radical (unpaired) electrons. The lowest BCUT2D eigenvalue weighted by Gasteiger charge is -2.05. The van der Waals surface area contributed by atoms with Gasteiger partial charge in [0, 0.05) is 18.0 Å². The number of ether oxygens (including phenoxy) is 1. The predicted molar refractivity (Wildman–Crippen MR) is 109 cm³/mol. The number of hydrogen-bond donors (Lipinski definition) is 2. The Hall–Kier alpha value is -1.28. The van der Waals surface area contributed by atoms with E-state index in [0.29, 0.717) is 5.96 Å². The predicted octanol–water partition coefficient (Wildman–Crippen LogP) is 3.45. The molecule has 6 heteroatoms. The van der Waals surface area contributed by atoms with Crippen LogP contribution in [0.2, 0.25) is 0 Å². The zero-order valence-electron chi connectivity index (χ0n) is 13.3. The summed E-state index contributed by atoms with van der Waals surface area (Å²) in [5.41, 5.74) is 7.12. The van der Waals surface area contributed by atoms with E-state index in [2.05, 4.69) is 40.0 Å². The van der Waals surface area contributed by atoms with Crippen molar-refractivity contribution < 1.29 is 4.74 Å². The van der Waals surface area contributed by atoms with Crippen LogP contribution in [0.15, 0.2) is 46.8 Å². The topological polar surface area (TPSA) is 59.6 Å². The van der Waals surface area contributed by atoms with Crippen LogP contribution in [-0.2, 0) is 12.8 Å². The minimum Gasteiger partial charge on any atom is -0.497 e. The second-order valence-electron chi connectivity index (χ2n) is 4.98. The normalized spacial score (nSPS) is 10.9. The highest BCUT2D eigenvalue weighted by atomic mass is 127. The van der Waals surface area contributed by atoms with Gasteiger partial charge in [-0.15, -0.1) is 35.3 Å². The number of rotatable bonds is 8. The van der Waals surface area contributed by atoms with Gasteiger partial charge in [0.25, 0.3) is 0 Å². The van der Waals surface area contributed by atoms with Crippen molar-refractivity contribution >= 4 is 41.3 Å². The molecular formula is C17H24IN3OS. The van der Waals surface area contributed by atoms with Crippen LogP contribution >= 0.6 is 35.3 Å². The van der Waals surface area contributed by atoms with E-state index in [0.717, 1.165) is 38.1 Å². The number of thiophene rings is 1. The molecule has 1 aromatic carbocycles. The Morgan fingerprint density at radius 3 is 2.87 bits per heavy atom. The minimum absolute atomic E-state index is 0. The molecule has 1 aromatic heterocycles. The van der Waals surface area contributed by atoms with Crippen LogP contribution in [0.25, 0.3) is 0 Å². The number of benzene rings is 1. The Kier molecular flexibility index (Phi) is 9.70. The molecule has 0 aliphatic heterocycles. The van der Waals surface area contributed by atoms with Crippen LogP contribution < -0.4 is 15.8 Å². The Morgan fingerprint density at radius 1 is 1.26 bits per heavy atom. The van der Waals surface area contributed by atoms with E-state index in [1.54, 1.807) is 18.4 Å². The molecule has 0 aliphatic carbocycles. The summed E-state index contributed by atoms with van der Waals surface area (Å²) in [6, 6.07) is 12.3. The molecule has 0 unspecified atom stereocenters. The summed E-state index contributed by atoms with van der Waals surface area (Å²) >= 11 is 1.77. The van der Waals surface area contributed by atoms with Crippen molar-refractivity contribution in [3.8, 4) is 5.75 Å². The van der Waals surface area contributed by atoms with E-state index in [1.807, 2.05) is 12.1 Å². The monoisotopic (exact) mass is 445 g/mol. The zero-order valence-corrected chi connectivity index (χ0v) is 16.5. The lowest BCUT2D eigenvalue weighted by atomic mass is 10.1. The number of guanidine groups is 1.